The topological polar surface area (TPSA) is 13.3 Å². The van der Waals surface area contributed by atoms with Crippen molar-refractivity contribution in [3.8, 4) is 5.75 Å². The number of pyridine rings is 2. The van der Waals surface area contributed by atoms with Gasteiger partial charge in [0.05, 0.1) is 12.5 Å². The van der Waals surface area contributed by atoms with Crippen molar-refractivity contribution in [2.45, 2.75) is 6.92 Å². The molecule has 1 aromatic carbocycles. The van der Waals surface area contributed by atoms with Crippen LogP contribution in [0.2, 0.25) is 0 Å². The van der Waals surface area contributed by atoms with Gasteiger partial charge in [-0.1, -0.05) is 6.07 Å². The summed E-state index contributed by atoms with van der Waals surface area (Å²) in [5.41, 5.74) is 2.46. The third kappa shape index (κ3) is 1.45. The molecule has 3 aromatic rings. The van der Waals surface area contributed by atoms with E-state index >= 15 is 0 Å². The first-order valence-electron chi connectivity index (χ1n) is 5.67. The van der Waals surface area contributed by atoms with Gasteiger partial charge in [-0.3, -0.25) is 0 Å². The van der Waals surface area contributed by atoms with Crippen LogP contribution in [0, 0.1) is 6.92 Å². The van der Waals surface area contributed by atoms with Crippen LogP contribution in [0.15, 0.2) is 48.8 Å². The molecule has 2 heteroatoms. The molecule has 0 saturated carbocycles. The van der Waals surface area contributed by atoms with Crippen molar-refractivity contribution < 1.29 is 9.14 Å². The minimum absolute atomic E-state index is 0.936. The maximum absolute atomic E-state index is 5.45. The third-order valence-electron chi connectivity index (χ3n) is 3.21. The smallest absolute Gasteiger partial charge is 0.214 e. The second kappa shape index (κ2) is 3.74. The highest BCUT2D eigenvalue weighted by molar-refractivity contribution is 5.93. The monoisotopic (exact) mass is 224 g/mol. The number of fused-ring (bicyclic) bond motifs is 2. The van der Waals surface area contributed by atoms with Crippen molar-refractivity contribution in [1.29, 1.82) is 0 Å². The molecule has 17 heavy (non-hydrogen) atoms. The Morgan fingerprint density at radius 1 is 1.06 bits per heavy atom. The number of hydrogen-bond acceptors (Lipinski definition) is 1. The minimum atomic E-state index is 0.936. The van der Waals surface area contributed by atoms with Gasteiger partial charge in [0.2, 0.25) is 5.52 Å². The highest BCUT2D eigenvalue weighted by atomic mass is 16.5. The molecule has 0 unspecified atom stereocenters. The highest BCUT2D eigenvalue weighted by Gasteiger charge is 2.13. The fraction of sp³-hybridized carbons (Fsp3) is 0.133. The van der Waals surface area contributed by atoms with Crippen molar-refractivity contribution in [3.05, 3.63) is 54.4 Å². The molecule has 2 heterocycles. The molecule has 0 bridgehead atoms. The molecular formula is C15H14NO+. The van der Waals surface area contributed by atoms with E-state index in [1.54, 1.807) is 7.11 Å². The van der Waals surface area contributed by atoms with E-state index in [4.69, 9.17) is 4.74 Å². The lowest BCUT2D eigenvalue weighted by Crippen LogP contribution is -2.21. The fourth-order valence-corrected chi connectivity index (χ4v) is 2.39. The summed E-state index contributed by atoms with van der Waals surface area (Å²) >= 11 is 0. The van der Waals surface area contributed by atoms with Gasteiger partial charge in [-0.15, -0.1) is 0 Å². The quantitative estimate of drug-likeness (QED) is 0.457. The first kappa shape index (κ1) is 10.1. The number of aryl methyl sites for hydroxylation is 1. The Bertz CT molecular complexity index is 704. The summed E-state index contributed by atoms with van der Waals surface area (Å²) in [5.74, 6) is 0.936. The summed E-state index contributed by atoms with van der Waals surface area (Å²) in [7, 11) is 1.72. The highest BCUT2D eigenvalue weighted by Crippen LogP contribution is 2.28. The number of hydrogen-bond donors (Lipinski definition) is 0. The fourth-order valence-electron chi connectivity index (χ4n) is 2.39. The Kier molecular flexibility index (Phi) is 2.22. The molecule has 0 radical (unpaired) electrons. The SMILES string of the molecule is COc1cccc2c[n+]3ccccc3c(C)c12. The summed E-state index contributed by atoms with van der Waals surface area (Å²) < 4.78 is 7.60. The van der Waals surface area contributed by atoms with Crippen LogP contribution in [0.4, 0.5) is 0 Å². The predicted octanol–water partition coefficient (Wildman–Crippen LogP) is 2.90. The van der Waals surface area contributed by atoms with Crippen LogP contribution in [0.5, 0.6) is 5.75 Å². The first-order valence-corrected chi connectivity index (χ1v) is 5.67. The van der Waals surface area contributed by atoms with Crippen molar-refractivity contribution in [3.63, 3.8) is 0 Å². The third-order valence-corrected chi connectivity index (χ3v) is 3.21. The molecule has 0 atom stereocenters. The molecule has 84 valence electrons. The molecular weight excluding hydrogens is 210 g/mol. The standard InChI is InChI=1S/C15H14NO/c1-11-13-7-3-4-9-16(13)10-12-6-5-8-14(17-2)15(11)12/h3-10H,1-2H3/q+1. The number of rotatable bonds is 1. The normalized spacial score (nSPS) is 10.9. The van der Waals surface area contributed by atoms with Gasteiger partial charge in [-0.25, -0.2) is 0 Å². The average molecular weight is 224 g/mol. The second-order valence-corrected chi connectivity index (χ2v) is 4.17. The van der Waals surface area contributed by atoms with Crippen LogP contribution >= 0.6 is 0 Å². The molecule has 2 nitrogen and oxygen atoms in total. The van der Waals surface area contributed by atoms with Crippen LogP contribution in [-0.4, -0.2) is 7.11 Å². The van der Waals surface area contributed by atoms with E-state index in [1.807, 2.05) is 18.2 Å². The van der Waals surface area contributed by atoms with Crippen LogP contribution < -0.4 is 9.14 Å². The summed E-state index contributed by atoms with van der Waals surface area (Å²) in [5, 5.41) is 2.40. The van der Waals surface area contributed by atoms with Crippen LogP contribution in [0.3, 0.4) is 0 Å². The van der Waals surface area contributed by atoms with Gasteiger partial charge in [0.25, 0.3) is 0 Å². The van der Waals surface area contributed by atoms with Crippen molar-refractivity contribution in [2.75, 3.05) is 7.11 Å². The maximum atomic E-state index is 5.45. The number of ether oxygens (including phenoxy) is 1. The summed E-state index contributed by atoms with van der Waals surface area (Å²) in [6.45, 7) is 2.14. The van der Waals surface area contributed by atoms with Gasteiger partial charge in [0, 0.05) is 23.1 Å². The molecule has 0 amide bonds. The number of benzene rings is 1. The summed E-state index contributed by atoms with van der Waals surface area (Å²) in [6.07, 6.45) is 4.21. The zero-order valence-electron chi connectivity index (χ0n) is 9.97. The van der Waals surface area contributed by atoms with Gasteiger partial charge in [-0.2, -0.15) is 4.40 Å². The Morgan fingerprint density at radius 3 is 2.76 bits per heavy atom. The van der Waals surface area contributed by atoms with Gasteiger partial charge in [0.15, 0.2) is 12.4 Å². The van der Waals surface area contributed by atoms with Gasteiger partial charge in [-0.05, 0) is 25.1 Å². The van der Waals surface area contributed by atoms with Crippen molar-refractivity contribution >= 4 is 16.3 Å². The van der Waals surface area contributed by atoms with Crippen LogP contribution in [0.1, 0.15) is 5.56 Å². The van der Waals surface area contributed by atoms with E-state index in [2.05, 4.69) is 41.9 Å². The lowest BCUT2D eigenvalue weighted by Gasteiger charge is -2.07. The Balaban J connectivity index is 2.55. The molecule has 0 aliphatic heterocycles. The van der Waals surface area contributed by atoms with E-state index in [1.165, 1.54) is 21.9 Å². The number of methoxy groups -OCH3 is 1. The van der Waals surface area contributed by atoms with Crippen molar-refractivity contribution in [2.24, 2.45) is 0 Å². The molecule has 0 aliphatic rings. The molecule has 0 fully saturated rings. The average Bonchev–Trinajstić information content (AvgIpc) is 2.38. The molecule has 0 spiro atoms. The van der Waals surface area contributed by atoms with Gasteiger partial charge in [0.1, 0.15) is 5.75 Å². The number of aromatic nitrogens is 1. The Hall–Kier alpha value is -2.09. The summed E-state index contributed by atoms with van der Waals surface area (Å²) in [4.78, 5) is 0. The Morgan fingerprint density at radius 2 is 1.94 bits per heavy atom. The van der Waals surface area contributed by atoms with E-state index < -0.39 is 0 Å². The largest absolute Gasteiger partial charge is 0.496 e. The van der Waals surface area contributed by atoms with Crippen LogP contribution in [0.25, 0.3) is 16.3 Å². The summed E-state index contributed by atoms with van der Waals surface area (Å²) in [6, 6.07) is 12.4. The predicted molar refractivity (Wildman–Crippen MR) is 68.4 cm³/mol. The van der Waals surface area contributed by atoms with Gasteiger partial charge >= 0.3 is 0 Å². The first-order chi connectivity index (χ1) is 8.31. The zero-order valence-corrected chi connectivity index (χ0v) is 9.97. The molecule has 2 aromatic heterocycles. The van der Waals surface area contributed by atoms with E-state index in [0.717, 1.165) is 5.75 Å². The Labute approximate surface area is 100 Å². The van der Waals surface area contributed by atoms with Crippen molar-refractivity contribution in [1.82, 2.24) is 0 Å². The van der Waals surface area contributed by atoms with E-state index in [9.17, 15) is 0 Å². The maximum Gasteiger partial charge on any atom is 0.214 e. The zero-order chi connectivity index (χ0) is 11.8. The van der Waals surface area contributed by atoms with Crippen LogP contribution in [-0.2, 0) is 0 Å². The number of nitrogens with zero attached hydrogens (tertiary/aromatic N) is 1. The molecule has 0 saturated heterocycles. The molecule has 0 N–H and O–H groups in total. The van der Waals surface area contributed by atoms with E-state index in [-0.39, 0.29) is 0 Å². The lowest BCUT2D eigenvalue weighted by atomic mass is 10.1. The van der Waals surface area contributed by atoms with E-state index in [0.29, 0.717) is 0 Å². The lowest BCUT2D eigenvalue weighted by molar-refractivity contribution is -0.510. The molecule has 0 aliphatic carbocycles. The molecule has 3 rings (SSSR count). The minimum Gasteiger partial charge on any atom is -0.496 e. The van der Waals surface area contributed by atoms with Gasteiger partial charge < -0.3 is 4.74 Å². The second-order valence-electron chi connectivity index (χ2n) is 4.17.